The van der Waals surface area contributed by atoms with E-state index in [0.717, 1.165) is 51.4 Å². The van der Waals surface area contributed by atoms with E-state index in [4.69, 9.17) is 5.73 Å². The van der Waals surface area contributed by atoms with E-state index in [1.165, 1.54) is 0 Å². The van der Waals surface area contributed by atoms with Crippen molar-refractivity contribution in [2.24, 2.45) is 11.1 Å². The van der Waals surface area contributed by atoms with Crippen LogP contribution in [0.15, 0.2) is 12.4 Å². The van der Waals surface area contributed by atoms with E-state index < -0.39 is 0 Å². The predicted octanol–water partition coefficient (Wildman–Crippen LogP) is 0.819. The molecule has 1 aromatic rings. The molecule has 1 saturated heterocycles. The monoisotopic (exact) mass is 293 g/mol. The molecule has 0 saturated carbocycles. The summed E-state index contributed by atoms with van der Waals surface area (Å²) in [4.78, 5) is 24.4. The SMILES string of the molecule is CCC(CC)(CN)C(=O)N1CCN(Cc2ncc[nH]2)CC1. The van der Waals surface area contributed by atoms with Crippen molar-refractivity contribution in [3.8, 4) is 0 Å². The van der Waals surface area contributed by atoms with Gasteiger partial charge in [0.05, 0.1) is 12.0 Å². The zero-order valence-corrected chi connectivity index (χ0v) is 13.1. The minimum absolute atomic E-state index is 0.229. The Morgan fingerprint density at radius 3 is 2.48 bits per heavy atom. The summed E-state index contributed by atoms with van der Waals surface area (Å²) in [6, 6.07) is 0. The Hall–Kier alpha value is -1.40. The van der Waals surface area contributed by atoms with Crippen molar-refractivity contribution < 1.29 is 4.79 Å². The molecule has 21 heavy (non-hydrogen) atoms. The molecule has 0 spiro atoms. The minimum Gasteiger partial charge on any atom is -0.348 e. The normalized spacial score (nSPS) is 17.2. The first-order valence-electron chi connectivity index (χ1n) is 7.85. The molecule has 1 aliphatic heterocycles. The third kappa shape index (κ3) is 3.44. The number of nitrogens with one attached hydrogen (secondary N) is 1. The van der Waals surface area contributed by atoms with Crippen LogP contribution in [0.2, 0.25) is 0 Å². The lowest BCUT2D eigenvalue weighted by atomic mass is 9.81. The van der Waals surface area contributed by atoms with Crippen LogP contribution in [0, 0.1) is 5.41 Å². The van der Waals surface area contributed by atoms with Crippen molar-refractivity contribution in [1.29, 1.82) is 0 Å². The number of hydrogen-bond acceptors (Lipinski definition) is 4. The van der Waals surface area contributed by atoms with Gasteiger partial charge in [0.2, 0.25) is 5.91 Å². The summed E-state index contributed by atoms with van der Waals surface area (Å²) in [5, 5.41) is 0. The number of nitrogens with zero attached hydrogens (tertiary/aromatic N) is 3. The first-order valence-corrected chi connectivity index (χ1v) is 7.85. The van der Waals surface area contributed by atoms with Crippen molar-refractivity contribution in [2.45, 2.75) is 33.2 Å². The molecular formula is C15H27N5O. The molecule has 118 valence electrons. The summed E-state index contributed by atoms with van der Waals surface area (Å²) < 4.78 is 0. The zero-order chi connectivity index (χ0) is 15.3. The summed E-state index contributed by atoms with van der Waals surface area (Å²) in [5.74, 6) is 1.21. The minimum atomic E-state index is -0.372. The van der Waals surface area contributed by atoms with Crippen LogP contribution >= 0.6 is 0 Å². The highest BCUT2D eigenvalue weighted by atomic mass is 16.2. The molecule has 1 aromatic heterocycles. The van der Waals surface area contributed by atoms with Gasteiger partial charge in [-0.1, -0.05) is 13.8 Å². The number of aromatic amines is 1. The maximum absolute atomic E-state index is 12.7. The quantitative estimate of drug-likeness (QED) is 0.814. The topological polar surface area (TPSA) is 78.2 Å². The Balaban J connectivity index is 1.89. The van der Waals surface area contributed by atoms with Gasteiger partial charge in [0.1, 0.15) is 5.82 Å². The number of piperazine rings is 1. The Morgan fingerprint density at radius 1 is 1.33 bits per heavy atom. The number of imidazole rings is 1. The van der Waals surface area contributed by atoms with Gasteiger partial charge < -0.3 is 15.6 Å². The first-order chi connectivity index (χ1) is 10.1. The molecule has 0 radical (unpaired) electrons. The lowest BCUT2D eigenvalue weighted by molar-refractivity contribution is -0.144. The fourth-order valence-corrected chi connectivity index (χ4v) is 2.97. The second-order valence-corrected chi connectivity index (χ2v) is 5.80. The van der Waals surface area contributed by atoms with Crippen LogP contribution in [-0.4, -0.2) is 58.4 Å². The summed E-state index contributed by atoms with van der Waals surface area (Å²) in [6.45, 7) is 8.70. The largest absolute Gasteiger partial charge is 0.348 e. The molecule has 2 rings (SSSR count). The standard InChI is InChI=1S/C15H27N5O/c1-3-15(4-2,12-16)14(21)20-9-7-19(8-10-20)11-13-17-5-6-18-13/h5-6H,3-4,7-12,16H2,1-2H3,(H,17,18). The Bertz CT molecular complexity index is 425. The van der Waals surface area contributed by atoms with Gasteiger partial charge in [-0.2, -0.15) is 0 Å². The molecule has 2 heterocycles. The number of rotatable bonds is 6. The van der Waals surface area contributed by atoms with E-state index in [9.17, 15) is 4.79 Å². The molecule has 0 unspecified atom stereocenters. The highest BCUT2D eigenvalue weighted by molar-refractivity contribution is 5.83. The fraction of sp³-hybridized carbons (Fsp3) is 0.733. The molecule has 0 aliphatic carbocycles. The lowest BCUT2D eigenvalue weighted by Crippen LogP contribution is -2.54. The maximum Gasteiger partial charge on any atom is 0.230 e. The molecule has 6 nitrogen and oxygen atoms in total. The van der Waals surface area contributed by atoms with Crippen LogP contribution in [0.1, 0.15) is 32.5 Å². The molecule has 3 N–H and O–H groups in total. The third-order valence-corrected chi connectivity index (χ3v) is 4.79. The molecule has 0 aromatic carbocycles. The first kappa shape index (κ1) is 16.0. The second-order valence-electron chi connectivity index (χ2n) is 5.80. The van der Waals surface area contributed by atoms with Gasteiger partial charge in [-0.15, -0.1) is 0 Å². The predicted molar refractivity (Wildman–Crippen MR) is 82.5 cm³/mol. The van der Waals surface area contributed by atoms with Crippen molar-refractivity contribution >= 4 is 5.91 Å². The van der Waals surface area contributed by atoms with E-state index >= 15 is 0 Å². The summed E-state index contributed by atoms with van der Waals surface area (Å²) >= 11 is 0. The Labute approximate surface area is 126 Å². The molecule has 1 amide bonds. The van der Waals surface area contributed by atoms with Gasteiger partial charge >= 0.3 is 0 Å². The van der Waals surface area contributed by atoms with Gasteiger partial charge in [-0.05, 0) is 12.8 Å². The molecule has 0 atom stereocenters. The maximum atomic E-state index is 12.7. The highest BCUT2D eigenvalue weighted by Crippen LogP contribution is 2.28. The average Bonchev–Trinajstić information content (AvgIpc) is 3.03. The smallest absolute Gasteiger partial charge is 0.230 e. The fourth-order valence-electron chi connectivity index (χ4n) is 2.97. The van der Waals surface area contributed by atoms with Crippen LogP contribution in [0.3, 0.4) is 0 Å². The van der Waals surface area contributed by atoms with Crippen LogP contribution < -0.4 is 5.73 Å². The average molecular weight is 293 g/mol. The van der Waals surface area contributed by atoms with E-state index in [0.29, 0.717) is 6.54 Å². The van der Waals surface area contributed by atoms with Crippen molar-refractivity contribution in [2.75, 3.05) is 32.7 Å². The van der Waals surface area contributed by atoms with E-state index in [2.05, 4.69) is 28.7 Å². The summed E-state index contributed by atoms with van der Waals surface area (Å²) in [6.07, 6.45) is 5.23. The molecule has 1 aliphatic rings. The zero-order valence-electron chi connectivity index (χ0n) is 13.1. The number of H-pyrrole nitrogens is 1. The number of nitrogens with two attached hydrogens (primary N) is 1. The molecular weight excluding hydrogens is 266 g/mol. The molecule has 1 fully saturated rings. The van der Waals surface area contributed by atoms with Gasteiger partial charge in [0.15, 0.2) is 0 Å². The number of aromatic nitrogens is 2. The van der Waals surface area contributed by atoms with Gasteiger partial charge in [-0.25, -0.2) is 4.98 Å². The van der Waals surface area contributed by atoms with Crippen LogP contribution in [-0.2, 0) is 11.3 Å². The Kier molecular flexibility index (Phi) is 5.36. The third-order valence-electron chi connectivity index (χ3n) is 4.79. The van der Waals surface area contributed by atoms with E-state index in [-0.39, 0.29) is 11.3 Å². The van der Waals surface area contributed by atoms with Crippen molar-refractivity contribution in [1.82, 2.24) is 19.8 Å². The van der Waals surface area contributed by atoms with Crippen LogP contribution in [0.5, 0.6) is 0 Å². The number of hydrogen-bond donors (Lipinski definition) is 2. The van der Waals surface area contributed by atoms with Gasteiger partial charge in [-0.3, -0.25) is 9.69 Å². The van der Waals surface area contributed by atoms with Gasteiger partial charge in [0, 0.05) is 45.1 Å². The number of carbonyl (C=O) groups is 1. The number of carbonyl (C=O) groups excluding carboxylic acids is 1. The highest BCUT2D eigenvalue weighted by Gasteiger charge is 2.37. The van der Waals surface area contributed by atoms with Crippen molar-refractivity contribution in [3.05, 3.63) is 18.2 Å². The lowest BCUT2D eigenvalue weighted by Gasteiger charge is -2.40. The van der Waals surface area contributed by atoms with E-state index in [1.54, 1.807) is 6.20 Å². The summed E-state index contributed by atoms with van der Waals surface area (Å²) in [7, 11) is 0. The molecule has 6 heteroatoms. The van der Waals surface area contributed by atoms with Crippen LogP contribution in [0.25, 0.3) is 0 Å². The second kappa shape index (κ2) is 7.04. The summed E-state index contributed by atoms with van der Waals surface area (Å²) in [5.41, 5.74) is 5.51. The molecule has 0 bridgehead atoms. The van der Waals surface area contributed by atoms with Gasteiger partial charge in [0.25, 0.3) is 0 Å². The number of amides is 1. The van der Waals surface area contributed by atoms with E-state index in [1.807, 2.05) is 11.1 Å². The van der Waals surface area contributed by atoms with Crippen molar-refractivity contribution in [3.63, 3.8) is 0 Å². The Morgan fingerprint density at radius 2 is 2.00 bits per heavy atom. The van der Waals surface area contributed by atoms with Crippen LogP contribution in [0.4, 0.5) is 0 Å².